The zero-order valence-electron chi connectivity index (χ0n) is 10.4. The maximum absolute atomic E-state index is 13.8. The molecule has 0 N–H and O–H groups in total. The average Bonchev–Trinajstić information content (AvgIpc) is 2.41. The van der Waals surface area contributed by atoms with Gasteiger partial charge < -0.3 is 4.79 Å². The van der Waals surface area contributed by atoms with Crippen molar-refractivity contribution in [3.05, 3.63) is 47.8 Å². The summed E-state index contributed by atoms with van der Waals surface area (Å²) in [4.78, 5) is 10.2. The first-order valence-electron chi connectivity index (χ1n) is 6.42. The Morgan fingerprint density at radius 2 is 1.83 bits per heavy atom. The lowest BCUT2D eigenvalue weighted by Gasteiger charge is -2.07. The molecule has 0 fully saturated rings. The Labute approximate surface area is 107 Å². The molecule has 0 atom stereocenters. The Kier molecular flexibility index (Phi) is 4.46. The molecule has 2 aromatic carbocycles. The van der Waals surface area contributed by atoms with Crippen LogP contribution in [-0.2, 0) is 11.2 Å². The molecule has 0 radical (unpaired) electrons. The Balaban J connectivity index is 2.11. The second-order valence-corrected chi connectivity index (χ2v) is 4.51. The average molecular weight is 244 g/mol. The van der Waals surface area contributed by atoms with Crippen molar-refractivity contribution in [3.63, 3.8) is 0 Å². The van der Waals surface area contributed by atoms with E-state index in [1.165, 1.54) is 0 Å². The van der Waals surface area contributed by atoms with Crippen molar-refractivity contribution in [1.82, 2.24) is 0 Å². The molecule has 2 rings (SSSR count). The molecule has 0 saturated heterocycles. The quantitative estimate of drug-likeness (QED) is 0.547. The van der Waals surface area contributed by atoms with E-state index in [1.807, 2.05) is 30.3 Å². The van der Waals surface area contributed by atoms with E-state index in [9.17, 15) is 9.18 Å². The highest BCUT2D eigenvalue weighted by atomic mass is 19.1. The van der Waals surface area contributed by atoms with Crippen LogP contribution < -0.4 is 0 Å². The number of halogens is 1. The maximum Gasteiger partial charge on any atom is 0.127 e. The van der Waals surface area contributed by atoms with Gasteiger partial charge in [0.1, 0.15) is 12.1 Å². The zero-order valence-corrected chi connectivity index (χ0v) is 10.4. The van der Waals surface area contributed by atoms with Crippen molar-refractivity contribution in [2.24, 2.45) is 0 Å². The van der Waals surface area contributed by atoms with Crippen LogP contribution in [0.4, 0.5) is 4.39 Å². The molecule has 2 heteroatoms. The van der Waals surface area contributed by atoms with Crippen molar-refractivity contribution in [2.45, 2.75) is 32.1 Å². The van der Waals surface area contributed by atoms with Gasteiger partial charge in [-0.3, -0.25) is 0 Å². The van der Waals surface area contributed by atoms with E-state index in [-0.39, 0.29) is 5.82 Å². The van der Waals surface area contributed by atoms with E-state index in [4.69, 9.17) is 0 Å². The first kappa shape index (κ1) is 12.7. The Hall–Kier alpha value is -1.70. The van der Waals surface area contributed by atoms with Crippen LogP contribution in [0, 0.1) is 5.82 Å². The molecule has 0 aliphatic rings. The van der Waals surface area contributed by atoms with Gasteiger partial charge in [0.15, 0.2) is 0 Å². The van der Waals surface area contributed by atoms with Gasteiger partial charge in [-0.2, -0.15) is 0 Å². The summed E-state index contributed by atoms with van der Waals surface area (Å²) in [7, 11) is 0. The van der Waals surface area contributed by atoms with Gasteiger partial charge in [0.25, 0.3) is 0 Å². The molecular formula is C16H17FO. The van der Waals surface area contributed by atoms with Crippen molar-refractivity contribution in [2.75, 3.05) is 0 Å². The van der Waals surface area contributed by atoms with Crippen molar-refractivity contribution < 1.29 is 9.18 Å². The van der Waals surface area contributed by atoms with Crippen LogP contribution in [-0.4, -0.2) is 6.29 Å². The fraction of sp³-hybridized carbons (Fsp3) is 0.312. The number of rotatable bonds is 6. The largest absolute Gasteiger partial charge is 0.303 e. The number of unbranched alkanes of at least 4 members (excludes halogenated alkanes) is 3. The number of carbonyl (C=O) groups excluding carboxylic acids is 1. The monoisotopic (exact) mass is 244 g/mol. The van der Waals surface area contributed by atoms with Gasteiger partial charge in [-0.15, -0.1) is 0 Å². The molecule has 0 aliphatic heterocycles. The zero-order chi connectivity index (χ0) is 12.8. The first-order chi connectivity index (χ1) is 8.83. The molecule has 0 aromatic heterocycles. The van der Waals surface area contributed by atoms with Crippen LogP contribution in [0.5, 0.6) is 0 Å². The highest BCUT2D eigenvalue weighted by Crippen LogP contribution is 2.23. The third-order valence-electron chi connectivity index (χ3n) is 3.23. The maximum atomic E-state index is 13.8. The summed E-state index contributed by atoms with van der Waals surface area (Å²) >= 11 is 0. The van der Waals surface area contributed by atoms with Gasteiger partial charge in [-0.25, -0.2) is 4.39 Å². The molecule has 18 heavy (non-hydrogen) atoms. The van der Waals surface area contributed by atoms with E-state index >= 15 is 0 Å². The number of hydrogen-bond donors (Lipinski definition) is 0. The molecular weight excluding hydrogens is 227 g/mol. The van der Waals surface area contributed by atoms with Gasteiger partial charge in [0, 0.05) is 6.42 Å². The van der Waals surface area contributed by atoms with Crippen molar-refractivity contribution in [3.8, 4) is 0 Å². The summed E-state index contributed by atoms with van der Waals surface area (Å²) in [5.41, 5.74) is 0.805. The van der Waals surface area contributed by atoms with Crippen LogP contribution in [0.1, 0.15) is 31.2 Å². The summed E-state index contributed by atoms with van der Waals surface area (Å²) in [5.74, 6) is -0.121. The molecule has 0 heterocycles. The summed E-state index contributed by atoms with van der Waals surface area (Å²) < 4.78 is 13.8. The number of hydrogen-bond acceptors (Lipinski definition) is 1. The lowest BCUT2D eigenvalue weighted by molar-refractivity contribution is -0.107. The van der Waals surface area contributed by atoms with Crippen LogP contribution in [0.2, 0.25) is 0 Å². The SMILES string of the molecule is O=CCCCCCc1c(F)ccc2ccccc12. The Bertz CT molecular complexity index is 534. The number of carbonyl (C=O) groups is 1. The third kappa shape index (κ3) is 2.95. The number of aldehydes is 1. The minimum Gasteiger partial charge on any atom is -0.303 e. The second-order valence-electron chi connectivity index (χ2n) is 4.51. The summed E-state index contributed by atoms with van der Waals surface area (Å²) in [6.45, 7) is 0. The van der Waals surface area contributed by atoms with Crippen LogP contribution >= 0.6 is 0 Å². The summed E-state index contributed by atoms with van der Waals surface area (Å²) in [6, 6.07) is 11.2. The lowest BCUT2D eigenvalue weighted by atomic mass is 9.99. The first-order valence-corrected chi connectivity index (χ1v) is 6.42. The predicted octanol–water partition coefficient (Wildman–Crippen LogP) is 4.28. The fourth-order valence-corrected chi connectivity index (χ4v) is 2.27. The van der Waals surface area contributed by atoms with E-state index in [2.05, 4.69) is 0 Å². The number of benzene rings is 2. The van der Waals surface area contributed by atoms with Crippen LogP contribution in [0.3, 0.4) is 0 Å². The molecule has 94 valence electrons. The van der Waals surface area contributed by atoms with E-state index in [0.29, 0.717) is 6.42 Å². The van der Waals surface area contributed by atoms with Gasteiger partial charge in [0.2, 0.25) is 0 Å². The molecule has 2 aromatic rings. The van der Waals surface area contributed by atoms with Crippen molar-refractivity contribution in [1.29, 1.82) is 0 Å². The molecule has 0 aliphatic carbocycles. The normalized spacial score (nSPS) is 10.7. The number of aryl methyl sites for hydroxylation is 1. The van der Waals surface area contributed by atoms with Gasteiger partial charge >= 0.3 is 0 Å². The lowest BCUT2D eigenvalue weighted by Crippen LogP contribution is -1.93. The topological polar surface area (TPSA) is 17.1 Å². The Morgan fingerprint density at radius 3 is 2.67 bits per heavy atom. The van der Waals surface area contributed by atoms with E-state index in [1.54, 1.807) is 6.07 Å². The minimum absolute atomic E-state index is 0.121. The third-order valence-corrected chi connectivity index (χ3v) is 3.23. The molecule has 0 spiro atoms. The van der Waals surface area contributed by atoms with Gasteiger partial charge in [-0.05, 0) is 41.7 Å². The van der Waals surface area contributed by atoms with E-state index < -0.39 is 0 Å². The number of fused-ring (bicyclic) bond motifs is 1. The van der Waals surface area contributed by atoms with Crippen molar-refractivity contribution >= 4 is 17.1 Å². The smallest absolute Gasteiger partial charge is 0.127 e. The van der Waals surface area contributed by atoms with E-state index in [0.717, 1.165) is 48.3 Å². The highest BCUT2D eigenvalue weighted by molar-refractivity contribution is 5.85. The van der Waals surface area contributed by atoms with Crippen LogP contribution in [0.25, 0.3) is 10.8 Å². The fourth-order valence-electron chi connectivity index (χ4n) is 2.27. The Morgan fingerprint density at radius 1 is 1.00 bits per heavy atom. The summed E-state index contributed by atoms with van der Waals surface area (Å²) in [6.07, 6.45) is 5.10. The van der Waals surface area contributed by atoms with Gasteiger partial charge in [0.05, 0.1) is 0 Å². The minimum atomic E-state index is -0.121. The second kappa shape index (κ2) is 6.29. The molecule has 0 saturated carbocycles. The van der Waals surface area contributed by atoms with Crippen LogP contribution in [0.15, 0.2) is 36.4 Å². The molecule has 0 bridgehead atoms. The molecule has 0 unspecified atom stereocenters. The predicted molar refractivity (Wildman–Crippen MR) is 72.1 cm³/mol. The van der Waals surface area contributed by atoms with Gasteiger partial charge in [-0.1, -0.05) is 36.8 Å². The standard InChI is InChI=1S/C16H17FO/c17-16-11-10-13-7-4-5-8-14(13)15(16)9-3-1-2-6-12-18/h4-5,7-8,10-12H,1-3,6,9H2. The molecule has 1 nitrogen and oxygen atoms in total. The molecule has 0 amide bonds. The summed E-state index contributed by atoms with van der Waals surface area (Å²) in [5, 5.41) is 2.09. The highest BCUT2D eigenvalue weighted by Gasteiger charge is 2.06.